The molecule has 0 spiro atoms. The van der Waals surface area contributed by atoms with E-state index >= 15 is 0 Å². The Kier molecular flexibility index (Phi) is 3.24. The fourth-order valence-corrected chi connectivity index (χ4v) is 0.467. The number of hydrogen-bond donors (Lipinski definition) is 2. The molecule has 0 heterocycles. The lowest BCUT2D eigenvalue weighted by molar-refractivity contribution is -0.137. The molecular formula is C6H13NO2. The van der Waals surface area contributed by atoms with Crippen molar-refractivity contribution < 1.29 is 12.6 Å². The highest BCUT2D eigenvalue weighted by molar-refractivity contribution is 5.66. The van der Waals surface area contributed by atoms with Crippen molar-refractivity contribution in [2.75, 3.05) is 6.54 Å². The third-order valence-electron chi connectivity index (χ3n) is 0.889. The first kappa shape index (κ1) is 5.23. The lowest BCUT2D eigenvalue weighted by atomic mass is 10.2. The van der Waals surface area contributed by atoms with Gasteiger partial charge in [0.15, 0.2) is 0 Å². The van der Waals surface area contributed by atoms with Crippen molar-refractivity contribution in [3.8, 4) is 0 Å². The molecule has 0 radical (unpaired) electrons. The third-order valence-corrected chi connectivity index (χ3v) is 0.889. The summed E-state index contributed by atoms with van der Waals surface area (Å²) in [5, 5.41) is 8.23. The van der Waals surface area contributed by atoms with Crippen LogP contribution in [0.4, 0.5) is 0 Å². The third kappa shape index (κ3) is 7.43. The van der Waals surface area contributed by atoms with Gasteiger partial charge in [-0.3, -0.25) is 4.79 Å². The monoisotopic (exact) mass is 133 g/mol. The molecule has 0 unspecified atom stereocenters. The van der Waals surface area contributed by atoms with Gasteiger partial charge in [0.2, 0.25) is 0 Å². The smallest absolute Gasteiger partial charge is 0.303 e. The average Bonchev–Trinajstić information content (AvgIpc) is 1.87. The molecule has 0 aromatic rings. The first-order chi connectivity index (χ1) is 4.98. The van der Waals surface area contributed by atoms with E-state index in [1.54, 1.807) is 0 Å². The van der Waals surface area contributed by atoms with Crippen molar-refractivity contribution in [1.82, 2.24) is 0 Å². The van der Waals surface area contributed by atoms with Gasteiger partial charge in [-0.1, -0.05) is 6.42 Å². The minimum atomic E-state index is -1.41. The zero-order valence-corrected chi connectivity index (χ0v) is 5.26. The molecule has 9 heavy (non-hydrogen) atoms. The largest absolute Gasteiger partial charge is 0.481 e. The lowest BCUT2D eigenvalue weighted by Crippen LogP contribution is -1.99. The van der Waals surface area contributed by atoms with Crippen molar-refractivity contribution in [3.05, 3.63) is 0 Å². The van der Waals surface area contributed by atoms with Crippen LogP contribution in [0.25, 0.3) is 0 Å². The van der Waals surface area contributed by atoms with Crippen molar-refractivity contribution in [2.24, 2.45) is 5.73 Å². The van der Waals surface area contributed by atoms with Crippen molar-refractivity contribution in [3.63, 3.8) is 0 Å². The van der Waals surface area contributed by atoms with Gasteiger partial charge in [0.05, 0.1) is 0 Å². The van der Waals surface area contributed by atoms with Crippen molar-refractivity contribution in [1.29, 1.82) is 0 Å². The molecule has 0 rings (SSSR count). The van der Waals surface area contributed by atoms with Crippen LogP contribution in [-0.2, 0) is 4.79 Å². The van der Waals surface area contributed by atoms with Gasteiger partial charge in [-0.2, -0.15) is 0 Å². The zero-order valence-electron chi connectivity index (χ0n) is 7.26. The van der Waals surface area contributed by atoms with Crippen LogP contribution in [0.3, 0.4) is 0 Å². The lowest BCUT2D eigenvalue weighted by Gasteiger charge is -1.93. The Morgan fingerprint density at radius 3 is 2.78 bits per heavy atom. The Morgan fingerprint density at radius 1 is 1.67 bits per heavy atom. The SMILES string of the molecule is [2H]C([2H])(CN)CCCC(=O)O. The second-order valence-electron chi connectivity index (χ2n) is 1.70. The molecule has 3 nitrogen and oxygen atoms in total. The van der Waals surface area contributed by atoms with Gasteiger partial charge in [-0.25, -0.2) is 0 Å². The van der Waals surface area contributed by atoms with Crippen LogP contribution in [0.2, 0.25) is 0 Å². The average molecular weight is 133 g/mol. The molecule has 54 valence electrons. The van der Waals surface area contributed by atoms with Gasteiger partial charge in [0.1, 0.15) is 0 Å². The van der Waals surface area contributed by atoms with E-state index in [1.807, 2.05) is 0 Å². The van der Waals surface area contributed by atoms with Gasteiger partial charge in [-0.05, 0) is 19.3 Å². The number of aliphatic carboxylic acids is 1. The maximum absolute atomic E-state index is 10.0. The van der Waals surface area contributed by atoms with Gasteiger partial charge < -0.3 is 10.8 Å². The summed E-state index contributed by atoms with van der Waals surface area (Å²) in [6.07, 6.45) is -0.829. The predicted molar refractivity (Wildman–Crippen MR) is 35.2 cm³/mol. The molecule has 3 heteroatoms. The summed E-state index contributed by atoms with van der Waals surface area (Å²) in [6.45, 7) is -0.0490. The van der Waals surface area contributed by atoms with Crippen LogP contribution in [-0.4, -0.2) is 17.6 Å². The molecule has 0 fully saturated rings. The normalized spacial score (nSPS) is 14.3. The minimum absolute atomic E-state index is 0.0134. The predicted octanol–water partition coefficient (Wildman–Crippen LogP) is 0.590. The molecule has 0 aliphatic carbocycles. The van der Waals surface area contributed by atoms with Crippen LogP contribution in [0.1, 0.15) is 28.4 Å². The highest BCUT2D eigenvalue weighted by Gasteiger charge is 1.94. The number of nitrogens with two attached hydrogens (primary N) is 1. The maximum Gasteiger partial charge on any atom is 0.303 e. The Labute approximate surface area is 57.7 Å². The molecule has 3 N–H and O–H groups in total. The highest BCUT2D eigenvalue weighted by atomic mass is 16.4. The summed E-state index contributed by atoms with van der Waals surface area (Å²) in [5.74, 6) is -0.891. The van der Waals surface area contributed by atoms with Crippen molar-refractivity contribution in [2.45, 2.75) is 25.6 Å². The van der Waals surface area contributed by atoms with Gasteiger partial charge in [-0.15, -0.1) is 0 Å². The Balaban J connectivity index is 3.45. The summed E-state index contributed by atoms with van der Waals surface area (Å²) in [5.41, 5.74) is 5.10. The molecular weight excluding hydrogens is 118 g/mol. The van der Waals surface area contributed by atoms with Gasteiger partial charge in [0, 0.05) is 9.16 Å². The number of carboxylic acids is 1. The fourth-order valence-electron chi connectivity index (χ4n) is 0.467. The Bertz CT molecular complexity index is 139. The highest BCUT2D eigenvalue weighted by Crippen LogP contribution is 1.97. The summed E-state index contributed by atoms with van der Waals surface area (Å²) in [4.78, 5) is 10.0. The minimum Gasteiger partial charge on any atom is -0.481 e. The van der Waals surface area contributed by atoms with E-state index in [-0.39, 0.29) is 19.4 Å². The summed E-state index contributed by atoms with van der Waals surface area (Å²) < 4.78 is 14.3. The molecule has 0 atom stereocenters. The van der Waals surface area contributed by atoms with E-state index in [1.165, 1.54) is 0 Å². The molecule has 0 aliphatic rings. The number of rotatable bonds is 5. The number of hydrogen-bond acceptors (Lipinski definition) is 2. The van der Waals surface area contributed by atoms with E-state index in [0.717, 1.165) is 0 Å². The molecule has 0 aromatic carbocycles. The second kappa shape index (κ2) is 5.56. The van der Waals surface area contributed by atoms with E-state index in [4.69, 9.17) is 13.6 Å². The molecule has 0 aromatic heterocycles. The first-order valence-corrected chi connectivity index (χ1v) is 2.90. The molecule has 0 saturated heterocycles. The maximum atomic E-state index is 10.0. The van der Waals surface area contributed by atoms with Gasteiger partial charge in [0.25, 0.3) is 0 Å². The first-order valence-electron chi connectivity index (χ1n) is 3.90. The van der Waals surface area contributed by atoms with Crippen molar-refractivity contribution >= 4 is 5.97 Å². The summed E-state index contributed by atoms with van der Waals surface area (Å²) in [6, 6.07) is 0. The standard InChI is InChI=1S/C6H13NO2/c7-5-3-1-2-4-6(8)9/h1-5,7H2,(H,8,9)/i3D2. The quantitative estimate of drug-likeness (QED) is 0.577. The van der Waals surface area contributed by atoms with E-state index < -0.39 is 12.3 Å². The van der Waals surface area contributed by atoms with E-state index in [0.29, 0.717) is 6.42 Å². The Hall–Kier alpha value is -0.570. The molecule has 0 aliphatic heterocycles. The van der Waals surface area contributed by atoms with Crippen LogP contribution >= 0.6 is 0 Å². The van der Waals surface area contributed by atoms with Crippen LogP contribution in [0.15, 0.2) is 0 Å². The van der Waals surface area contributed by atoms with Crippen LogP contribution < -0.4 is 5.73 Å². The van der Waals surface area contributed by atoms with Crippen LogP contribution in [0, 0.1) is 0 Å². The molecule has 0 saturated carbocycles. The summed E-state index contributed by atoms with van der Waals surface area (Å²) in [7, 11) is 0. The van der Waals surface area contributed by atoms with Crippen LogP contribution in [0.5, 0.6) is 0 Å². The van der Waals surface area contributed by atoms with E-state index in [9.17, 15) is 4.79 Å². The Morgan fingerprint density at radius 2 is 2.33 bits per heavy atom. The number of carbonyl (C=O) groups is 1. The van der Waals surface area contributed by atoms with E-state index in [2.05, 4.69) is 0 Å². The topological polar surface area (TPSA) is 63.3 Å². The second-order valence-corrected chi connectivity index (χ2v) is 1.70. The molecule has 0 bridgehead atoms. The summed E-state index contributed by atoms with van der Waals surface area (Å²) >= 11 is 0. The molecule has 0 amide bonds. The van der Waals surface area contributed by atoms with Gasteiger partial charge >= 0.3 is 5.97 Å². The zero-order chi connectivity index (χ0) is 8.91. The fraction of sp³-hybridized carbons (Fsp3) is 0.833. The number of carboxylic acid groups (broad SMARTS) is 1.